The fourth-order valence-electron chi connectivity index (χ4n) is 1.04. The highest BCUT2D eigenvalue weighted by Crippen LogP contribution is 2.16. The zero-order valence-electron chi connectivity index (χ0n) is 8.20. The van der Waals surface area contributed by atoms with Gasteiger partial charge in [-0.05, 0) is 12.1 Å². The predicted molar refractivity (Wildman–Crippen MR) is 60.8 cm³/mol. The average Bonchev–Trinajstić information content (AvgIpc) is 2.24. The summed E-state index contributed by atoms with van der Waals surface area (Å²) < 4.78 is 5.39. The van der Waals surface area contributed by atoms with Gasteiger partial charge in [-0.3, -0.25) is 0 Å². The van der Waals surface area contributed by atoms with Crippen LogP contribution in [0.25, 0.3) is 0 Å². The standard InChI is InChI=1S/C12H15NO/c1-3-8-13-11-6-5-7-12(10-11)14-9-4-2/h3-7,10,13H,1-2,8-9H2. The molecule has 0 aliphatic rings. The molecule has 0 fully saturated rings. The Hall–Kier alpha value is -1.70. The smallest absolute Gasteiger partial charge is 0.121 e. The minimum absolute atomic E-state index is 0.533. The molecule has 1 aromatic carbocycles. The van der Waals surface area contributed by atoms with Crippen molar-refractivity contribution in [2.45, 2.75) is 0 Å². The third kappa shape index (κ3) is 3.35. The Morgan fingerprint density at radius 2 is 2.14 bits per heavy atom. The van der Waals surface area contributed by atoms with Crippen molar-refractivity contribution < 1.29 is 4.74 Å². The molecule has 2 nitrogen and oxygen atoms in total. The van der Waals surface area contributed by atoms with E-state index in [1.807, 2.05) is 30.3 Å². The van der Waals surface area contributed by atoms with Crippen molar-refractivity contribution in [3.63, 3.8) is 0 Å². The van der Waals surface area contributed by atoms with Gasteiger partial charge in [0.25, 0.3) is 0 Å². The zero-order chi connectivity index (χ0) is 10.2. The summed E-state index contributed by atoms with van der Waals surface area (Å²) in [5, 5.41) is 3.19. The molecule has 0 aromatic heterocycles. The second-order valence-corrected chi connectivity index (χ2v) is 2.80. The van der Waals surface area contributed by atoms with Gasteiger partial charge < -0.3 is 10.1 Å². The number of ether oxygens (including phenoxy) is 1. The normalized spacial score (nSPS) is 9.14. The molecular formula is C12H15NO. The van der Waals surface area contributed by atoms with Gasteiger partial charge >= 0.3 is 0 Å². The molecule has 0 aliphatic heterocycles. The summed E-state index contributed by atoms with van der Waals surface area (Å²) in [4.78, 5) is 0. The molecule has 0 spiro atoms. The molecule has 1 rings (SSSR count). The van der Waals surface area contributed by atoms with Gasteiger partial charge in [-0.1, -0.05) is 24.8 Å². The van der Waals surface area contributed by atoms with Crippen LogP contribution in [0.3, 0.4) is 0 Å². The molecule has 0 heterocycles. The SMILES string of the molecule is C=CCNc1cccc(OCC=C)c1. The van der Waals surface area contributed by atoms with Crippen LogP contribution in [0.1, 0.15) is 0 Å². The van der Waals surface area contributed by atoms with Crippen LogP contribution in [0, 0.1) is 0 Å². The Morgan fingerprint density at radius 1 is 1.29 bits per heavy atom. The minimum atomic E-state index is 0.533. The highest BCUT2D eigenvalue weighted by atomic mass is 16.5. The maximum atomic E-state index is 5.39. The van der Waals surface area contributed by atoms with Crippen LogP contribution in [-0.4, -0.2) is 13.2 Å². The van der Waals surface area contributed by atoms with Gasteiger partial charge in [0.15, 0.2) is 0 Å². The predicted octanol–water partition coefficient (Wildman–Crippen LogP) is 2.85. The molecule has 2 heteroatoms. The fraction of sp³-hybridized carbons (Fsp3) is 0.167. The highest BCUT2D eigenvalue weighted by molar-refractivity contribution is 5.48. The molecule has 0 amide bonds. The number of rotatable bonds is 6. The van der Waals surface area contributed by atoms with Gasteiger partial charge in [0.1, 0.15) is 12.4 Å². The second-order valence-electron chi connectivity index (χ2n) is 2.80. The van der Waals surface area contributed by atoms with E-state index in [9.17, 15) is 0 Å². The van der Waals surface area contributed by atoms with Crippen LogP contribution in [-0.2, 0) is 0 Å². The molecule has 0 radical (unpaired) electrons. The van der Waals surface area contributed by atoms with Gasteiger partial charge in [-0.2, -0.15) is 0 Å². The van der Waals surface area contributed by atoms with Crippen LogP contribution < -0.4 is 10.1 Å². The van der Waals surface area contributed by atoms with E-state index in [-0.39, 0.29) is 0 Å². The Kier molecular flexibility index (Phi) is 4.35. The van der Waals surface area contributed by atoms with Gasteiger partial charge in [0, 0.05) is 18.3 Å². The first kappa shape index (κ1) is 10.4. The van der Waals surface area contributed by atoms with E-state index in [2.05, 4.69) is 18.5 Å². The molecule has 74 valence electrons. The second kappa shape index (κ2) is 5.86. The monoisotopic (exact) mass is 189 g/mol. The van der Waals surface area contributed by atoms with Crippen molar-refractivity contribution in [3.8, 4) is 5.75 Å². The maximum absolute atomic E-state index is 5.39. The first-order valence-corrected chi connectivity index (χ1v) is 4.55. The van der Waals surface area contributed by atoms with Crippen molar-refractivity contribution >= 4 is 5.69 Å². The van der Waals surface area contributed by atoms with Crippen LogP contribution in [0.4, 0.5) is 5.69 Å². The summed E-state index contributed by atoms with van der Waals surface area (Å²) in [7, 11) is 0. The highest BCUT2D eigenvalue weighted by Gasteiger charge is 1.93. The third-order valence-corrected chi connectivity index (χ3v) is 1.65. The molecular weight excluding hydrogens is 174 g/mol. The Balaban J connectivity index is 2.58. The van der Waals surface area contributed by atoms with Crippen molar-refractivity contribution in [2.24, 2.45) is 0 Å². The van der Waals surface area contributed by atoms with Crippen LogP contribution in [0.15, 0.2) is 49.6 Å². The van der Waals surface area contributed by atoms with Gasteiger partial charge in [-0.25, -0.2) is 0 Å². The lowest BCUT2D eigenvalue weighted by Gasteiger charge is -2.06. The zero-order valence-corrected chi connectivity index (χ0v) is 8.20. The number of anilines is 1. The van der Waals surface area contributed by atoms with Crippen LogP contribution >= 0.6 is 0 Å². The first-order valence-electron chi connectivity index (χ1n) is 4.55. The molecule has 0 saturated carbocycles. The van der Waals surface area contributed by atoms with Gasteiger partial charge in [0.2, 0.25) is 0 Å². The van der Waals surface area contributed by atoms with E-state index < -0.39 is 0 Å². The summed E-state index contributed by atoms with van der Waals surface area (Å²) in [5.74, 6) is 0.846. The Morgan fingerprint density at radius 3 is 2.86 bits per heavy atom. The average molecular weight is 189 g/mol. The maximum Gasteiger partial charge on any atom is 0.121 e. The van der Waals surface area contributed by atoms with Crippen molar-refractivity contribution in [1.29, 1.82) is 0 Å². The van der Waals surface area contributed by atoms with E-state index in [0.717, 1.165) is 18.0 Å². The first-order chi connectivity index (χ1) is 6.86. The molecule has 0 aliphatic carbocycles. The topological polar surface area (TPSA) is 21.3 Å². The summed E-state index contributed by atoms with van der Waals surface area (Å²) in [5.41, 5.74) is 1.03. The van der Waals surface area contributed by atoms with Crippen molar-refractivity contribution in [1.82, 2.24) is 0 Å². The van der Waals surface area contributed by atoms with Crippen LogP contribution in [0.5, 0.6) is 5.75 Å². The number of hydrogen-bond acceptors (Lipinski definition) is 2. The van der Waals surface area contributed by atoms with E-state index in [1.165, 1.54) is 0 Å². The summed E-state index contributed by atoms with van der Waals surface area (Å²) in [6, 6.07) is 7.81. The van der Waals surface area contributed by atoms with Gasteiger partial charge in [-0.15, -0.1) is 6.58 Å². The van der Waals surface area contributed by atoms with Crippen LogP contribution in [0.2, 0.25) is 0 Å². The van der Waals surface area contributed by atoms with E-state index >= 15 is 0 Å². The molecule has 14 heavy (non-hydrogen) atoms. The molecule has 0 bridgehead atoms. The Labute approximate surface area is 84.9 Å². The minimum Gasteiger partial charge on any atom is -0.489 e. The van der Waals surface area contributed by atoms with E-state index in [0.29, 0.717) is 6.61 Å². The lowest BCUT2D eigenvalue weighted by molar-refractivity contribution is 0.363. The largest absolute Gasteiger partial charge is 0.489 e. The molecule has 0 unspecified atom stereocenters. The Bertz CT molecular complexity index is 280. The summed E-state index contributed by atoms with van der Waals surface area (Å²) in [6.45, 7) is 8.52. The van der Waals surface area contributed by atoms with E-state index in [4.69, 9.17) is 4.74 Å². The number of hydrogen-bond donors (Lipinski definition) is 1. The van der Waals surface area contributed by atoms with Crippen molar-refractivity contribution in [2.75, 3.05) is 18.5 Å². The van der Waals surface area contributed by atoms with E-state index in [1.54, 1.807) is 6.08 Å². The molecule has 0 atom stereocenters. The van der Waals surface area contributed by atoms with Crippen molar-refractivity contribution in [3.05, 3.63) is 49.6 Å². The fourth-order valence-corrected chi connectivity index (χ4v) is 1.04. The summed E-state index contributed by atoms with van der Waals surface area (Å²) in [6.07, 6.45) is 3.54. The molecule has 1 aromatic rings. The molecule has 1 N–H and O–H groups in total. The third-order valence-electron chi connectivity index (χ3n) is 1.65. The quantitative estimate of drug-likeness (QED) is 0.695. The molecule has 0 saturated heterocycles. The van der Waals surface area contributed by atoms with Gasteiger partial charge in [0.05, 0.1) is 0 Å². The lowest BCUT2D eigenvalue weighted by Crippen LogP contribution is -1.98. The lowest BCUT2D eigenvalue weighted by atomic mass is 10.3. The number of benzene rings is 1. The number of nitrogens with one attached hydrogen (secondary N) is 1. The summed E-state index contributed by atoms with van der Waals surface area (Å²) >= 11 is 0.